The first kappa shape index (κ1) is 23.0. The first-order valence-corrected chi connectivity index (χ1v) is 11.7. The van der Waals surface area contributed by atoms with E-state index in [-0.39, 0.29) is 11.1 Å². The fourth-order valence-electron chi connectivity index (χ4n) is 2.71. The van der Waals surface area contributed by atoms with Crippen LogP contribution < -0.4 is 9.68 Å². The second-order valence-corrected chi connectivity index (χ2v) is 8.94. The van der Waals surface area contributed by atoms with Crippen molar-refractivity contribution in [3.63, 3.8) is 0 Å². The smallest absolute Gasteiger partial charge is 0.363 e. The Labute approximate surface area is 199 Å². The molecule has 0 aliphatic rings. The van der Waals surface area contributed by atoms with Crippen molar-refractivity contribution in [1.82, 2.24) is 9.46 Å². The molecule has 0 atom stereocenters. The van der Waals surface area contributed by atoms with Crippen LogP contribution in [0.3, 0.4) is 0 Å². The fourth-order valence-corrected chi connectivity index (χ4v) is 4.72. The summed E-state index contributed by atoms with van der Waals surface area (Å²) in [6, 6.07) is 17.8. The molecular formula is C22H16N2O8S2. The van der Waals surface area contributed by atoms with Crippen molar-refractivity contribution >= 4 is 33.5 Å². The molecule has 0 spiro atoms. The van der Waals surface area contributed by atoms with Crippen LogP contribution in [-0.4, -0.2) is 41.8 Å². The largest absolute Gasteiger partial charge is 0.492 e. The summed E-state index contributed by atoms with van der Waals surface area (Å²) in [6.07, 6.45) is 0. The molecule has 34 heavy (non-hydrogen) atoms. The summed E-state index contributed by atoms with van der Waals surface area (Å²) < 4.78 is 1.21. The van der Waals surface area contributed by atoms with Gasteiger partial charge >= 0.3 is 11.9 Å². The zero-order valence-corrected chi connectivity index (χ0v) is 18.7. The highest BCUT2D eigenvalue weighted by Crippen LogP contribution is 2.38. The van der Waals surface area contributed by atoms with E-state index in [1.807, 2.05) is 0 Å². The SMILES string of the molecule is O=C(On1c(O)ccc1O)c1cccc(SSc2cccc(C(=O)On3c(O)ccc3O)c2)c1. The van der Waals surface area contributed by atoms with Crippen molar-refractivity contribution in [1.29, 1.82) is 0 Å². The lowest BCUT2D eigenvalue weighted by molar-refractivity contribution is 0.0376. The number of nitrogens with zero attached hydrogens (tertiary/aromatic N) is 2. The van der Waals surface area contributed by atoms with Gasteiger partial charge in [-0.2, -0.15) is 0 Å². The maximum Gasteiger partial charge on any atom is 0.363 e. The van der Waals surface area contributed by atoms with E-state index in [0.717, 1.165) is 0 Å². The Morgan fingerprint density at radius 2 is 0.941 bits per heavy atom. The van der Waals surface area contributed by atoms with Crippen LogP contribution in [-0.2, 0) is 0 Å². The molecule has 0 aliphatic heterocycles. The van der Waals surface area contributed by atoms with Crippen molar-refractivity contribution in [2.45, 2.75) is 9.79 Å². The second-order valence-electron chi connectivity index (χ2n) is 6.67. The first-order chi connectivity index (χ1) is 16.3. The van der Waals surface area contributed by atoms with Gasteiger partial charge in [0, 0.05) is 34.1 Å². The van der Waals surface area contributed by atoms with Crippen molar-refractivity contribution in [3.05, 3.63) is 83.9 Å². The van der Waals surface area contributed by atoms with Gasteiger partial charge in [-0.25, -0.2) is 9.59 Å². The number of benzene rings is 2. The molecule has 0 radical (unpaired) electrons. The molecule has 0 saturated heterocycles. The minimum absolute atomic E-state index is 0.196. The number of aromatic nitrogens is 2. The molecule has 174 valence electrons. The zero-order chi connectivity index (χ0) is 24.2. The average molecular weight is 501 g/mol. The van der Waals surface area contributed by atoms with Crippen LogP contribution in [0.4, 0.5) is 0 Å². The van der Waals surface area contributed by atoms with Crippen LogP contribution in [0.5, 0.6) is 23.5 Å². The topological polar surface area (TPSA) is 143 Å². The second kappa shape index (κ2) is 9.77. The van der Waals surface area contributed by atoms with Crippen LogP contribution in [0, 0.1) is 0 Å². The Morgan fingerprint density at radius 3 is 1.29 bits per heavy atom. The normalized spacial score (nSPS) is 10.7. The monoisotopic (exact) mass is 500 g/mol. The molecule has 2 aromatic heterocycles. The number of carbonyl (C=O) groups is 2. The minimum Gasteiger partial charge on any atom is -0.492 e. The van der Waals surface area contributed by atoms with Crippen molar-refractivity contribution in [3.8, 4) is 23.5 Å². The number of rotatable bonds is 7. The quantitative estimate of drug-likeness (QED) is 0.279. The zero-order valence-electron chi connectivity index (χ0n) is 17.1. The molecule has 0 unspecified atom stereocenters. The summed E-state index contributed by atoms with van der Waals surface area (Å²) in [5.41, 5.74) is 0.392. The molecule has 0 saturated carbocycles. The highest BCUT2D eigenvalue weighted by Gasteiger charge is 2.16. The molecule has 4 rings (SSSR count). The van der Waals surface area contributed by atoms with Crippen molar-refractivity contribution < 1.29 is 39.7 Å². The Balaban J connectivity index is 1.41. The Kier molecular flexibility index (Phi) is 6.61. The van der Waals surface area contributed by atoms with Gasteiger partial charge in [-0.3, -0.25) is 0 Å². The lowest BCUT2D eigenvalue weighted by atomic mass is 10.2. The number of hydrogen-bond donors (Lipinski definition) is 4. The molecular weight excluding hydrogens is 484 g/mol. The number of aromatic hydroxyl groups is 4. The standard InChI is InChI=1S/C22H16N2O8S2/c25-17-7-8-18(26)23(17)31-21(29)13-3-1-5-15(11-13)33-34-16-6-2-4-14(12-16)22(30)32-24-19(27)9-10-20(24)28/h1-12,25-28H. The van der Waals surface area contributed by atoms with E-state index in [1.165, 1.54) is 58.0 Å². The molecule has 4 aromatic rings. The van der Waals surface area contributed by atoms with Gasteiger partial charge in [-0.05, 0) is 36.4 Å². The molecule has 0 aliphatic carbocycles. The Hall–Kier alpha value is -4.16. The van der Waals surface area contributed by atoms with Gasteiger partial charge in [-0.15, -0.1) is 9.46 Å². The summed E-state index contributed by atoms with van der Waals surface area (Å²) in [5.74, 6) is -3.26. The maximum absolute atomic E-state index is 12.4. The third kappa shape index (κ3) is 5.08. The van der Waals surface area contributed by atoms with Crippen LogP contribution in [0.25, 0.3) is 0 Å². The van der Waals surface area contributed by atoms with E-state index >= 15 is 0 Å². The first-order valence-electron chi connectivity index (χ1n) is 9.51. The highest BCUT2D eigenvalue weighted by atomic mass is 33.1. The Bertz CT molecular complexity index is 1220. The molecule has 0 amide bonds. The average Bonchev–Trinajstić information content (AvgIpc) is 3.33. The summed E-state index contributed by atoms with van der Waals surface area (Å²) in [5, 5.41) is 38.4. The van der Waals surface area contributed by atoms with Crippen LogP contribution in [0.15, 0.2) is 82.6 Å². The van der Waals surface area contributed by atoms with Gasteiger partial charge in [0.25, 0.3) is 0 Å². The maximum atomic E-state index is 12.4. The van der Waals surface area contributed by atoms with Gasteiger partial charge < -0.3 is 30.1 Å². The highest BCUT2D eigenvalue weighted by molar-refractivity contribution is 8.76. The van der Waals surface area contributed by atoms with E-state index in [9.17, 15) is 30.0 Å². The predicted molar refractivity (Wildman–Crippen MR) is 122 cm³/mol. The molecule has 10 nitrogen and oxygen atoms in total. The molecule has 4 N–H and O–H groups in total. The summed E-state index contributed by atoms with van der Waals surface area (Å²) in [7, 11) is 2.63. The Morgan fingerprint density at radius 1 is 0.588 bits per heavy atom. The van der Waals surface area contributed by atoms with Crippen LogP contribution in [0.2, 0.25) is 0 Å². The third-order valence-corrected chi connectivity index (χ3v) is 6.70. The van der Waals surface area contributed by atoms with Crippen LogP contribution in [0.1, 0.15) is 20.7 Å². The molecule has 0 bridgehead atoms. The molecule has 12 heteroatoms. The summed E-state index contributed by atoms with van der Waals surface area (Å²) in [6.45, 7) is 0. The van der Waals surface area contributed by atoms with Gasteiger partial charge in [0.05, 0.1) is 11.1 Å². The lowest BCUT2D eigenvalue weighted by Crippen LogP contribution is -2.19. The van der Waals surface area contributed by atoms with Gasteiger partial charge in [-0.1, -0.05) is 33.7 Å². The van der Waals surface area contributed by atoms with Gasteiger partial charge in [0.15, 0.2) is 0 Å². The van der Waals surface area contributed by atoms with Crippen LogP contribution >= 0.6 is 21.6 Å². The molecule has 2 heterocycles. The number of carbonyl (C=O) groups excluding carboxylic acids is 2. The molecule has 0 fully saturated rings. The fraction of sp³-hybridized carbons (Fsp3) is 0. The summed E-state index contributed by atoms with van der Waals surface area (Å²) in [4.78, 5) is 36.1. The predicted octanol–water partition coefficient (Wildman–Crippen LogP) is 3.45. The van der Waals surface area contributed by atoms with E-state index in [2.05, 4.69) is 0 Å². The molecule has 2 aromatic carbocycles. The van der Waals surface area contributed by atoms with Gasteiger partial charge in [0.2, 0.25) is 23.5 Å². The van der Waals surface area contributed by atoms with Crippen molar-refractivity contribution in [2.24, 2.45) is 0 Å². The van der Waals surface area contributed by atoms with E-state index in [4.69, 9.17) is 9.68 Å². The van der Waals surface area contributed by atoms with E-state index in [0.29, 0.717) is 19.3 Å². The summed E-state index contributed by atoms with van der Waals surface area (Å²) >= 11 is 0. The lowest BCUT2D eigenvalue weighted by Gasteiger charge is -2.09. The van der Waals surface area contributed by atoms with Gasteiger partial charge in [0.1, 0.15) is 0 Å². The third-order valence-electron chi connectivity index (χ3n) is 4.32. The minimum atomic E-state index is -0.782. The van der Waals surface area contributed by atoms with E-state index < -0.39 is 35.5 Å². The number of hydrogen-bond acceptors (Lipinski definition) is 10. The van der Waals surface area contributed by atoms with E-state index in [1.54, 1.807) is 36.4 Å². The van der Waals surface area contributed by atoms with Crippen molar-refractivity contribution in [2.75, 3.05) is 0 Å².